The Balaban J connectivity index is 2.93. The lowest BCUT2D eigenvalue weighted by atomic mass is 10.2. The second kappa shape index (κ2) is 5.79. The third kappa shape index (κ3) is 3.71. The molecule has 0 bridgehead atoms. The Morgan fingerprint density at radius 2 is 2.18 bits per heavy atom. The molecule has 90 valence electrons. The average molecular weight is 234 g/mol. The van der Waals surface area contributed by atoms with Crippen LogP contribution in [0.3, 0.4) is 0 Å². The van der Waals surface area contributed by atoms with Gasteiger partial charge in [-0.3, -0.25) is 9.78 Å². The van der Waals surface area contributed by atoms with Crippen LogP contribution in [0.1, 0.15) is 22.8 Å². The van der Waals surface area contributed by atoms with Crippen LogP contribution in [0.5, 0.6) is 0 Å². The van der Waals surface area contributed by atoms with E-state index in [1.165, 1.54) is 18.5 Å². The summed E-state index contributed by atoms with van der Waals surface area (Å²) >= 11 is 0. The Bertz CT molecular complexity index is 455. The van der Waals surface area contributed by atoms with Gasteiger partial charge in [0.2, 0.25) is 0 Å². The van der Waals surface area contributed by atoms with E-state index >= 15 is 0 Å². The summed E-state index contributed by atoms with van der Waals surface area (Å²) in [4.78, 5) is 27.6. The van der Waals surface area contributed by atoms with Gasteiger partial charge < -0.3 is 10.0 Å². The highest BCUT2D eigenvalue weighted by atomic mass is 16.4. The highest BCUT2D eigenvalue weighted by Crippen LogP contribution is 2.07. The number of carboxylic acids is 1. The van der Waals surface area contributed by atoms with Crippen LogP contribution >= 0.6 is 0 Å². The van der Waals surface area contributed by atoms with E-state index in [0.717, 1.165) is 6.08 Å². The van der Waals surface area contributed by atoms with Crippen molar-refractivity contribution in [3.63, 3.8) is 0 Å². The van der Waals surface area contributed by atoms with Gasteiger partial charge in [-0.1, -0.05) is 0 Å². The second-order valence-corrected chi connectivity index (χ2v) is 3.50. The first-order chi connectivity index (χ1) is 8.04. The van der Waals surface area contributed by atoms with Crippen molar-refractivity contribution in [3.8, 4) is 0 Å². The van der Waals surface area contributed by atoms with Gasteiger partial charge in [-0.15, -0.1) is 0 Å². The third-order valence-electron chi connectivity index (χ3n) is 2.25. The van der Waals surface area contributed by atoms with E-state index in [-0.39, 0.29) is 5.91 Å². The lowest BCUT2D eigenvalue weighted by molar-refractivity contribution is -0.131. The molecule has 0 saturated carbocycles. The molecule has 0 aliphatic heterocycles. The fourth-order valence-corrected chi connectivity index (χ4v) is 1.20. The molecule has 5 nitrogen and oxygen atoms in total. The number of hydrogen-bond donors (Lipinski definition) is 1. The molecule has 0 aliphatic carbocycles. The van der Waals surface area contributed by atoms with Crippen molar-refractivity contribution in [2.24, 2.45) is 0 Å². The first-order valence-electron chi connectivity index (χ1n) is 5.16. The molecule has 0 aromatic carbocycles. The van der Waals surface area contributed by atoms with Crippen LogP contribution in [-0.2, 0) is 4.79 Å². The van der Waals surface area contributed by atoms with Crippen molar-refractivity contribution in [1.29, 1.82) is 0 Å². The summed E-state index contributed by atoms with van der Waals surface area (Å²) in [6, 6.07) is 1.61. The molecular formula is C12H14N2O3. The van der Waals surface area contributed by atoms with Crippen molar-refractivity contribution < 1.29 is 14.7 Å². The lowest BCUT2D eigenvalue weighted by Gasteiger charge is -2.14. The van der Waals surface area contributed by atoms with Crippen molar-refractivity contribution >= 4 is 18.0 Å². The molecular weight excluding hydrogens is 220 g/mol. The smallest absolute Gasteiger partial charge is 0.328 e. The van der Waals surface area contributed by atoms with Gasteiger partial charge in [0, 0.05) is 32.1 Å². The SMILES string of the molecule is CCN(C)C(=O)c1cncc(C=CC(=O)O)c1. The molecule has 1 rings (SSSR count). The summed E-state index contributed by atoms with van der Waals surface area (Å²) in [6.45, 7) is 2.48. The first-order valence-corrected chi connectivity index (χ1v) is 5.16. The third-order valence-corrected chi connectivity index (χ3v) is 2.25. The Morgan fingerprint density at radius 1 is 1.47 bits per heavy atom. The molecule has 0 aliphatic rings. The van der Waals surface area contributed by atoms with Crippen LogP contribution in [0.25, 0.3) is 6.08 Å². The standard InChI is InChI=1S/C12H14N2O3/c1-3-14(2)12(17)10-6-9(7-13-8-10)4-5-11(15)16/h4-8H,3H2,1-2H3,(H,15,16). The Morgan fingerprint density at radius 3 is 2.76 bits per heavy atom. The van der Waals surface area contributed by atoms with Gasteiger partial charge in [0.1, 0.15) is 0 Å². The van der Waals surface area contributed by atoms with Crippen LogP contribution < -0.4 is 0 Å². The maximum Gasteiger partial charge on any atom is 0.328 e. The van der Waals surface area contributed by atoms with Gasteiger partial charge in [0.25, 0.3) is 5.91 Å². The molecule has 5 heteroatoms. The minimum absolute atomic E-state index is 0.134. The lowest BCUT2D eigenvalue weighted by Crippen LogP contribution is -2.26. The zero-order chi connectivity index (χ0) is 12.8. The van der Waals surface area contributed by atoms with E-state index in [9.17, 15) is 9.59 Å². The van der Waals surface area contributed by atoms with E-state index in [4.69, 9.17) is 5.11 Å². The molecule has 0 atom stereocenters. The van der Waals surface area contributed by atoms with E-state index < -0.39 is 5.97 Å². The number of carboxylic acid groups (broad SMARTS) is 1. The molecule has 17 heavy (non-hydrogen) atoms. The highest BCUT2D eigenvalue weighted by Gasteiger charge is 2.10. The van der Waals surface area contributed by atoms with Crippen LogP contribution in [0.4, 0.5) is 0 Å². The molecule has 1 amide bonds. The maximum atomic E-state index is 11.8. The minimum atomic E-state index is -1.03. The van der Waals surface area contributed by atoms with Crippen LogP contribution in [0, 0.1) is 0 Å². The summed E-state index contributed by atoms with van der Waals surface area (Å²) in [5, 5.41) is 8.50. The van der Waals surface area contributed by atoms with Crippen molar-refractivity contribution in [2.75, 3.05) is 13.6 Å². The van der Waals surface area contributed by atoms with Crippen molar-refractivity contribution in [2.45, 2.75) is 6.92 Å². The fourth-order valence-electron chi connectivity index (χ4n) is 1.20. The maximum absolute atomic E-state index is 11.8. The summed E-state index contributed by atoms with van der Waals surface area (Å²) in [5.74, 6) is -1.17. The zero-order valence-corrected chi connectivity index (χ0v) is 9.75. The van der Waals surface area contributed by atoms with Crippen molar-refractivity contribution in [1.82, 2.24) is 9.88 Å². The van der Waals surface area contributed by atoms with Crippen LogP contribution in [-0.4, -0.2) is 40.5 Å². The molecule has 0 radical (unpaired) electrons. The van der Waals surface area contributed by atoms with E-state index in [0.29, 0.717) is 17.7 Å². The second-order valence-electron chi connectivity index (χ2n) is 3.50. The Labute approximate surface area is 99.4 Å². The average Bonchev–Trinajstić information content (AvgIpc) is 2.34. The molecule has 1 heterocycles. The van der Waals surface area contributed by atoms with Gasteiger partial charge in [0.05, 0.1) is 5.56 Å². The highest BCUT2D eigenvalue weighted by molar-refractivity contribution is 5.94. The number of carbonyl (C=O) groups excluding carboxylic acids is 1. The number of aromatic nitrogens is 1. The van der Waals surface area contributed by atoms with Crippen molar-refractivity contribution in [3.05, 3.63) is 35.7 Å². The molecule has 0 spiro atoms. The monoisotopic (exact) mass is 234 g/mol. The predicted octanol–water partition coefficient (Wildman–Crippen LogP) is 1.27. The van der Waals surface area contributed by atoms with E-state index in [1.807, 2.05) is 6.92 Å². The minimum Gasteiger partial charge on any atom is -0.478 e. The summed E-state index contributed by atoms with van der Waals surface area (Å²) in [5.41, 5.74) is 1.03. The number of hydrogen-bond acceptors (Lipinski definition) is 3. The number of amides is 1. The quantitative estimate of drug-likeness (QED) is 0.796. The van der Waals surface area contributed by atoms with Gasteiger partial charge in [0.15, 0.2) is 0 Å². The number of pyridine rings is 1. The predicted molar refractivity (Wildman–Crippen MR) is 63.5 cm³/mol. The molecule has 1 aromatic heterocycles. The number of carbonyl (C=O) groups is 2. The Hall–Kier alpha value is -2.17. The van der Waals surface area contributed by atoms with Crippen LogP contribution in [0.15, 0.2) is 24.5 Å². The number of rotatable bonds is 4. The summed E-state index contributed by atoms with van der Waals surface area (Å²) in [7, 11) is 1.70. The van der Waals surface area contributed by atoms with Crippen LogP contribution in [0.2, 0.25) is 0 Å². The van der Waals surface area contributed by atoms with Gasteiger partial charge in [-0.2, -0.15) is 0 Å². The fraction of sp³-hybridized carbons (Fsp3) is 0.250. The van der Waals surface area contributed by atoms with E-state index in [1.54, 1.807) is 18.0 Å². The van der Waals surface area contributed by atoms with Gasteiger partial charge >= 0.3 is 5.97 Å². The zero-order valence-electron chi connectivity index (χ0n) is 9.75. The molecule has 1 N–H and O–H groups in total. The van der Waals surface area contributed by atoms with Gasteiger partial charge in [-0.05, 0) is 24.6 Å². The Kier molecular flexibility index (Phi) is 4.39. The molecule has 0 unspecified atom stereocenters. The topological polar surface area (TPSA) is 70.5 Å². The number of aliphatic carboxylic acids is 1. The molecule has 0 saturated heterocycles. The normalized spacial score (nSPS) is 10.5. The first kappa shape index (κ1) is 12.9. The largest absolute Gasteiger partial charge is 0.478 e. The molecule has 1 aromatic rings. The summed E-state index contributed by atoms with van der Waals surface area (Å²) in [6.07, 6.45) is 5.38. The number of nitrogens with zero attached hydrogens (tertiary/aromatic N) is 2. The summed E-state index contributed by atoms with van der Waals surface area (Å²) < 4.78 is 0. The van der Waals surface area contributed by atoms with Gasteiger partial charge in [-0.25, -0.2) is 4.79 Å². The molecule has 0 fully saturated rings. The van der Waals surface area contributed by atoms with E-state index in [2.05, 4.69) is 4.98 Å².